The molecule has 3 rings (SSSR count). The van der Waals surface area contributed by atoms with Crippen LogP contribution in [0.5, 0.6) is 5.75 Å². The van der Waals surface area contributed by atoms with Crippen molar-refractivity contribution in [1.82, 2.24) is 15.0 Å². The molecule has 0 N–H and O–H groups in total. The van der Waals surface area contributed by atoms with Crippen LogP contribution < -0.4 is 4.74 Å². The van der Waals surface area contributed by atoms with Gasteiger partial charge in [0, 0.05) is 18.2 Å². The summed E-state index contributed by atoms with van der Waals surface area (Å²) in [6.45, 7) is 0.939. The first kappa shape index (κ1) is 12.8. The molecular weight excluding hydrogens is 261 g/mol. The van der Waals surface area contributed by atoms with E-state index >= 15 is 0 Å². The molecule has 20 heavy (non-hydrogen) atoms. The summed E-state index contributed by atoms with van der Waals surface area (Å²) in [5.41, 5.74) is 1.52. The number of carbonyl (C=O) groups excluding carboxylic acids is 1. The molecule has 1 aromatic heterocycles. The predicted octanol–water partition coefficient (Wildman–Crippen LogP) is 1.41. The number of carbonyl (C=O) groups is 1. The minimum Gasteiger partial charge on any atom is -0.492 e. The summed E-state index contributed by atoms with van der Waals surface area (Å²) in [6.07, 6.45) is 5.31. The second-order valence-electron chi connectivity index (χ2n) is 4.86. The summed E-state index contributed by atoms with van der Waals surface area (Å²) < 4.78 is 21.1. The summed E-state index contributed by atoms with van der Waals surface area (Å²) in [4.78, 5) is 10.8. The third-order valence-corrected chi connectivity index (χ3v) is 3.46. The molecule has 1 atom stereocenters. The quantitative estimate of drug-likeness (QED) is 0.774. The molecule has 1 aliphatic carbocycles. The van der Waals surface area contributed by atoms with Gasteiger partial charge in [-0.15, -0.1) is 5.10 Å². The molecule has 0 saturated carbocycles. The van der Waals surface area contributed by atoms with Crippen LogP contribution >= 0.6 is 0 Å². The number of fused-ring (bicyclic) bond motifs is 1. The number of ether oxygens (including phenoxy) is 1. The summed E-state index contributed by atoms with van der Waals surface area (Å²) in [5, 5.41) is 7.51. The molecule has 5 nitrogen and oxygen atoms in total. The Bertz CT molecular complexity index is 613. The van der Waals surface area contributed by atoms with Crippen LogP contribution in [0.15, 0.2) is 24.5 Å². The lowest BCUT2D eigenvalue weighted by Gasteiger charge is -2.09. The molecule has 1 heterocycles. The van der Waals surface area contributed by atoms with Crippen molar-refractivity contribution in [2.24, 2.45) is 5.92 Å². The van der Waals surface area contributed by atoms with Crippen LogP contribution in [0.25, 0.3) is 0 Å². The van der Waals surface area contributed by atoms with E-state index in [-0.39, 0.29) is 11.7 Å². The third kappa shape index (κ3) is 2.54. The van der Waals surface area contributed by atoms with Gasteiger partial charge >= 0.3 is 0 Å². The predicted molar refractivity (Wildman–Crippen MR) is 68.9 cm³/mol. The van der Waals surface area contributed by atoms with Crippen molar-refractivity contribution in [3.8, 4) is 5.75 Å². The van der Waals surface area contributed by atoms with Crippen molar-refractivity contribution in [2.45, 2.75) is 19.4 Å². The van der Waals surface area contributed by atoms with Crippen molar-refractivity contribution in [1.29, 1.82) is 0 Å². The molecule has 0 amide bonds. The molecule has 6 heteroatoms. The number of halogens is 1. The fraction of sp³-hybridized carbons (Fsp3) is 0.357. The Labute approximate surface area is 115 Å². The van der Waals surface area contributed by atoms with E-state index in [1.165, 1.54) is 6.07 Å². The van der Waals surface area contributed by atoms with E-state index < -0.39 is 0 Å². The number of rotatable bonds is 5. The van der Waals surface area contributed by atoms with Crippen LogP contribution in [-0.4, -0.2) is 27.9 Å². The van der Waals surface area contributed by atoms with Crippen molar-refractivity contribution < 1.29 is 13.9 Å². The van der Waals surface area contributed by atoms with E-state index in [1.807, 2.05) is 6.07 Å². The number of benzene rings is 1. The van der Waals surface area contributed by atoms with Crippen LogP contribution in [0.3, 0.4) is 0 Å². The van der Waals surface area contributed by atoms with Gasteiger partial charge in [-0.3, -0.25) is 0 Å². The maximum atomic E-state index is 13.9. The minimum absolute atomic E-state index is 0.107. The minimum atomic E-state index is -0.289. The molecule has 0 saturated heterocycles. The topological polar surface area (TPSA) is 57.0 Å². The van der Waals surface area contributed by atoms with Crippen LogP contribution in [-0.2, 0) is 24.2 Å². The number of aldehydes is 1. The fourth-order valence-electron chi connectivity index (χ4n) is 2.48. The first-order chi connectivity index (χ1) is 9.76. The van der Waals surface area contributed by atoms with Crippen molar-refractivity contribution in [3.05, 3.63) is 41.5 Å². The maximum Gasteiger partial charge on any atom is 0.130 e. The standard InChI is InChI=1S/C14H14FN3O2/c15-14-8-12(20-4-3-18-2-1-16-17-18)7-11-5-10(9-19)6-13(11)14/h1-2,7-10H,3-6H2. The average Bonchev–Trinajstić information content (AvgIpc) is 3.07. The highest BCUT2D eigenvalue weighted by Gasteiger charge is 2.24. The maximum absolute atomic E-state index is 13.9. The highest BCUT2D eigenvalue weighted by molar-refractivity contribution is 5.59. The smallest absolute Gasteiger partial charge is 0.130 e. The molecule has 0 fully saturated rings. The van der Waals surface area contributed by atoms with Gasteiger partial charge < -0.3 is 9.53 Å². The second-order valence-corrected chi connectivity index (χ2v) is 4.86. The van der Waals surface area contributed by atoms with Crippen LogP contribution in [0, 0.1) is 11.7 Å². The molecule has 2 aromatic rings. The van der Waals surface area contributed by atoms with E-state index in [9.17, 15) is 9.18 Å². The zero-order valence-corrected chi connectivity index (χ0v) is 10.8. The number of hydrogen-bond donors (Lipinski definition) is 0. The normalized spacial score (nSPS) is 16.9. The average molecular weight is 275 g/mol. The van der Waals surface area contributed by atoms with Gasteiger partial charge in [0.05, 0.1) is 12.7 Å². The van der Waals surface area contributed by atoms with Gasteiger partial charge in [-0.25, -0.2) is 9.07 Å². The van der Waals surface area contributed by atoms with E-state index in [2.05, 4.69) is 10.3 Å². The van der Waals surface area contributed by atoms with Crippen LogP contribution in [0.2, 0.25) is 0 Å². The number of nitrogens with zero attached hydrogens (tertiary/aromatic N) is 3. The van der Waals surface area contributed by atoms with Crippen LogP contribution in [0.4, 0.5) is 4.39 Å². The van der Waals surface area contributed by atoms with Crippen molar-refractivity contribution in [3.63, 3.8) is 0 Å². The van der Waals surface area contributed by atoms with E-state index in [1.54, 1.807) is 17.1 Å². The molecule has 0 radical (unpaired) electrons. The van der Waals surface area contributed by atoms with E-state index in [4.69, 9.17) is 4.74 Å². The monoisotopic (exact) mass is 275 g/mol. The number of hydrogen-bond acceptors (Lipinski definition) is 4. The van der Waals surface area contributed by atoms with Gasteiger partial charge in [-0.1, -0.05) is 5.21 Å². The van der Waals surface area contributed by atoms with Gasteiger partial charge in [-0.05, 0) is 30.0 Å². The van der Waals surface area contributed by atoms with Gasteiger partial charge in [-0.2, -0.15) is 0 Å². The lowest BCUT2D eigenvalue weighted by Crippen LogP contribution is -2.09. The molecule has 0 bridgehead atoms. The lowest BCUT2D eigenvalue weighted by molar-refractivity contribution is -0.110. The zero-order valence-electron chi connectivity index (χ0n) is 10.8. The molecule has 1 unspecified atom stereocenters. The first-order valence-electron chi connectivity index (χ1n) is 6.50. The molecule has 104 valence electrons. The van der Waals surface area contributed by atoms with Crippen molar-refractivity contribution >= 4 is 6.29 Å². The van der Waals surface area contributed by atoms with Gasteiger partial charge in [0.15, 0.2) is 0 Å². The Morgan fingerprint density at radius 1 is 1.45 bits per heavy atom. The first-order valence-corrected chi connectivity index (χ1v) is 6.50. The number of aromatic nitrogens is 3. The zero-order chi connectivity index (χ0) is 13.9. The van der Waals surface area contributed by atoms with Crippen LogP contribution in [0.1, 0.15) is 11.1 Å². The van der Waals surface area contributed by atoms with E-state index in [0.29, 0.717) is 37.3 Å². The molecular formula is C14H14FN3O2. The SMILES string of the molecule is O=CC1Cc2cc(OCCn3ccnn3)cc(F)c2C1. The molecule has 0 spiro atoms. The van der Waals surface area contributed by atoms with Gasteiger partial charge in [0.1, 0.15) is 24.5 Å². The molecule has 1 aromatic carbocycles. The summed E-state index contributed by atoms with van der Waals surface area (Å²) in [7, 11) is 0. The summed E-state index contributed by atoms with van der Waals surface area (Å²) in [6, 6.07) is 3.20. The summed E-state index contributed by atoms with van der Waals surface area (Å²) in [5.74, 6) is 0.0976. The van der Waals surface area contributed by atoms with Gasteiger partial charge in [0.25, 0.3) is 0 Å². The molecule has 0 aliphatic heterocycles. The largest absolute Gasteiger partial charge is 0.492 e. The highest BCUT2D eigenvalue weighted by atomic mass is 19.1. The van der Waals surface area contributed by atoms with Gasteiger partial charge in [0.2, 0.25) is 0 Å². The highest BCUT2D eigenvalue weighted by Crippen LogP contribution is 2.31. The third-order valence-electron chi connectivity index (χ3n) is 3.46. The Hall–Kier alpha value is -2.24. The summed E-state index contributed by atoms with van der Waals surface area (Å²) >= 11 is 0. The van der Waals surface area contributed by atoms with E-state index in [0.717, 1.165) is 11.8 Å². The Balaban J connectivity index is 1.66. The fourth-order valence-corrected chi connectivity index (χ4v) is 2.48. The Morgan fingerprint density at radius 3 is 3.10 bits per heavy atom. The second kappa shape index (κ2) is 5.40. The Morgan fingerprint density at radius 2 is 2.35 bits per heavy atom. The van der Waals surface area contributed by atoms with Crippen molar-refractivity contribution in [2.75, 3.05) is 6.61 Å². The lowest BCUT2D eigenvalue weighted by atomic mass is 10.1. The Kier molecular flexibility index (Phi) is 3.45. The molecule has 1 aliphatic rings.